The molecule has 4 heterocycles. The second kappa shape index (κ2) is 11.2. The summed E-state index contributed by atoms with van der Waals surface area (Å²) < 4.78 is 33.3. The van der Waals surface area contributed by atoms with Gasteiger partial charge in [-0.05, 0) is 41.5 Å². The molecule has 1 N–H and O–H groups in total. The minimum atomic E-state index is -3.18. The van der Waals surface area contributed by atoms with E-state index in [0.29, 0.717) is 50.9 Å². The van der Waals surface area contributed by atoms with E-state index in [1.165, 1.54) is 6.26 Å². The van der Waals surface area contributed by atoms with E-state index in [9.17, 15) is 13.2 Å². The highest BCUT2D eigenvalue weighted by Gasteiger charge is 2.30. The third kappa shape index (κ3) is 5.43. The summed E-state index contributed by atoms with van der Waals surface area (Å²) in [6, 6.07) is 14.4. The number of carbonyl (C=O) groups is 1. The Morgan fingerprint density at radius 2 is 1.77 bits per heavy atom. The third-order valence-electron chi connectivity index (χ3n) is 8.29. The molecule has 10 heteroatoms. The zero-order chi connectivity index (χ0) is 27.7. The van der Waals surface area contributed by atoms with Gasteiger partial charge in [-0.15, -0.1) is 0 Å². The van der Waals surface area contributed by atoms with Crippen molar-refractivity contribution in [2.75, 3.05) is 45.6 Å². The molecule has 4 aromatic rings. The fourth-order valence-electron chi connectivity index (χ4n) is 6.09. The predicted molar refractivity (Wildman–Crippen MR) is 155 cm³/mol. The van der Waals surface area contributed by atoms with E-state index >= 15 is 0 Å². The molecular weight excluding hydrogens is 526 g/mol. The third-order valence-corrected chi connectivity index (χ3v) is 9.60. The number of nitrogens with zero attached hydrogens (tertiary/aromatic N) is 4. The van der Waals surface area contributed by atoms with Crippen molar-refractivity contribution in [1.29, 1.82) is 0 Å². The molecule has 1 amide bonds. The number of carbonyl (C=O) groups excluding carboxylic acids is 1. The van der Waals surface area contributed by atoms with Crippen LogP contribution in [0.4, 0.5) is 0 Å². The van der Waals surface area contributed by atoms with Crippen LogP contribution < -0.4 is 0 Å². The quantitative estimate of drug-likeness (QED) is 0.365. The summed E-state index contributed by atoms with van der Waals surface area (Å²) in [5.74, 6) is 0.350. The Hall–Kier alpha value is -3.47. The standard InChI is InChI=1S/C30H35N5O4S/c1-40(37,38)35-11-9-22(10-12-35)17-29(28-18-31-21-32-28)34-19-26(25-8-4-6-23-5-2-3-7-24(23)25)27(20-34)30(36)33-13-15-39-16-14-33/h2-8,18-22,29H,9-17H2,1H3,(H,31,32). The average Bonchev–Trinajstić information content (AvgIpc) is 3.67. The number of sulfonamides is 1. The van der Waals surface area contributed by atoms with Gasteiger partial charge in [0.15, 0.2) is 0 Å². The average molecular weight is 562 g/mol. The summed E-state index contributed by atoms with van der Waals surface area (Å²) in [4.78, 5) is 23.4. The lowest BCUT2D eigenvalue weighted by Crippen LogP contribution is -2.40. The van der Waals surface area contributed by atoms with Gasteiger partial charge in [0.2, 0.25) is 10.0 Å². The zero-order valence-corrected chi connectivity index (χ0v) is 23.5. The van der Waals surface area contributed by atoms with Gasteiger partial charge in [-0.1, -0.05) is 42.5 Å². The van der Waals surface area contributed by atoms with Crippen molar-refractivity contribution in [3.63, 3.8) is 0 Å². The molecule has 2 aliphatic rings. The van der Waals surface area contributed by atoms with E-state index < -0.39 is 10.0 Å². The highest BCUT2D eigenvalue weighted by Crippen LogP contribution is 2.37. The second-order valence-corrected chi connectivity index (χ2v) is 12.8. The summed E-state index contributed by atoms with van der Waals surface area (Å²) in [6.45, 7) is 3.29. The topological polar surface area (TPSA) is 101 Å². The molecule has 2 aromatic heterocycles. The van der Waals surface area contributed by atoms with E-state index in [-0.39, 0.29) is 11.9 Å². The molecule has 40 heavy (non-hydrogen) atoms. The molecule has 9 nitrogen and oxygen atoms in total. The molecular formula is C30H35N5O4S. The maximum atomic E-state index is 13.9. The van der Waals surface area contributed by atoms with E-state index in [2.05, 4.69) is 45.0 Å². The molecule has 210 valence electrons. The first kappa shape index (κ1) is 26.7. The van der Waals surface area contributed by atoms with E-state index in [0.717, 1.165) is 46.9 Å². The Labute approximate surface area is 234 Å². The van der Waals surface area contributed by atoms with Crippen LogP contribution in [0.2, 0.25) is 0 Å². The number of morpholine rings is 1. The molecule has 0 spiro atoms. The highest BCUT2D eigenvalue weighted by atomic mass is 32.2. The van der Waals surface area contributed by atoms with Crippen LogP contribution in [0.5, 0.6) is 0 Å². The van der Waals surface area contributed by atoms with E-state index in [1.54, 1.807) is 10.6 Å². The number of fused-ring (bicyclic) bond motifs is 1. The number of hydrogen-bond donors (Lipinski definition) is 1. The van der Waals surface area contributed by atoms with Crippen molar-refractivity contribution < 1.29 is 17.9 Å². The molecule has 2 fully saturated rings. The summed E-state index contributed by atoms with van der Waals surface area (Å²) in [6.07, 6.45) is 11.3. The Morgan fingerprint density at radius 3 is 2.50 bits per heavy atom. The molecule has 0 aliphatic carbocycles. The molecule has 0 radical (unpaired) electrons. The lowest BCUT2D eigenvalue weighted by Gasteiger charge is -2.32. The van der Waals surface area contributed by atoms with Gasteiger partial charge in [0.05, 0.1) is 49.3 Å². The fraction of sp³-hybridized carbons (Fsp3) is 0.400. The molecule has 6 rings (SSSR count). The van der Waals surface area contributed by atoms with E-state index in [1.807, 2.05) is 35.5 Å². The van der Waals surface area contributed by atoms with Crippen molar-refractivity contribution in [2.24, 2.45) is 5.92 Å². The lowest BCUT2D eigenvalue weighted by molar-refractivity contribution is 0.0303. The van der Waals surface area contributed by atoms with Crippen molar-refractivity contribution >= 4 is 26.7 Å². The largest absolute Gasteiger partial charge is 0.378 e. The minimum Gasteiger partial charge on any atom is -0.378 e. The maximum Gasteiger partial charge on any atom is 0.256 e. The SMILES string of the molecule is CS(=O)(=O)N1CCC(CC(c2cnc[nH]2)n2cc(C(=O)N3CCOCC3)c(-c3cccc4ccccc34)c2)CC1. The summed E-state index contributed by atoms with van der Waals surface area (Å²) in [7, 11) is -3.18. The van der Waals surface area contributed by atoms with Crippen LogP contribution in [0, 0.1) is 5.92 Å². The highest BCUT2D eigenvalue weighted by molar-refractivity contribution is 7.88. The first-order valence-electron chi connectivity index (χ1n) is 13.9. The molecule has 2 aliphatic heterocycles. The Balaban J connectivity index is 1.40. The molecule has 0 bridgehead atoms. The van der Waals surface area contributed by atoms with Crippen molar-refractivity contribution in [1.82, 2.24) is 23.7 Å². The summed E-state index contributed by atoms with van der Waals surface area (Å²) in [5.41, 5.74) is 3.58. The van der Waals surface area contributed by atoms with Gasteiger partial charge in [0.1, 0.15) is 0 Å². The Kier molecular flexibility index (Phi) is 7.48. The molecule has 2 saturated heterocycles. The number of nitrogens with one attached hydrogen (secondary N) is 1. The van der Waals surface area contributed by atoms with Gasteiger partial charge in [-0.25, -0.2) is 17.7 Å². The van der Waals surface area contributed by atoms with E-state index in [4.69, 9.17) is 4.74 Å². The number of hydrogen-bond acceptors (Lipinski definition) is 5. The van der Waals surface area contributed by atoms with Gasteiger partial charge >= 0.3 is 0 Å². The van der Waals surface area contributed by atoms with Crippen molar-refractivity contribution in [3.05, 3.63) is 78.6 Å². The van der Waals surface area contributed by atoms with Crippen LogP contribution in [0.15, 0.2) is 67.4 Å². The number of ether oxygens (including phenoxy) is 1. The monoisotopic (exact) mass is 561 g/mol. The Morgan fingerprint density at radius 1 is 1.02 bits per heavy atom. The van der Waals surface area contributed by atoms with Crippen molar-refractivity contribution in [2.45, 2.75) is 25.3 Å². The van der Waals surface area contributed by atoms with Gasteiger partial charge in [0, 0.05) is 44.1 Å². The number of imidazole rings is 1. The molecule has 1 atom stereocenters. The number of rotatable bonds is 7. The predicted octanol–water partition coefficient (Wildman–Crippen LogP) is 4.15. The second-order valence-electron chi connectivity index (χ2n) is 10.8. The lowest BCUT2D eigenvalue weighted by atomic mass is 9.90. The number of aromatic amines is 1. The van der Waals surface area contributed by atoms with Crippen LogP contribution >= 0.6 is 0 Å². The number of piperidine rings is 1. The number of amides is 1. The van der Waals surface area contributed by atoms with Crippen LogP contribution in [0.25, 0.3) is 21.9 Å². The Bertz CT molecular complexity index is 1580. The van der Waals surface area contributed by atoms with Crippen LogP contribution in [-0.4, -0.2) is 83.7 Å². The zero-order valence-electron chi connectivity index (χ0n) is 22.7. The molecule has 0 saturated carbocycles. The van der Waals surface area contributed by atoms with Gasteiger partial charge in [-0.2, -0.15) is 0 Å². The minimum absolute atomic E-state index is 0.00908. The summed E-state index contributed by atoms with van der Waals surface area (Å²) >= 11 is 0. The number of H-pyrrole nitrogens is 1. The van der Waals surface area contributed by atoms with Crippen LogP contribution in [0.3, 0.4) is 0 Å². The normalized spacial score (nSPS) is 18.3. The number of benzene rings is 2. The van der Waals surface area contributed by atoms with Gasteiger partial charge in [-0.3, -0.25) is 4.79 Å². The van der Waals surface area contributed by atoms with Crippen LogP contribution in [-0.2, 0) is 14.8 Å². The van der Waals surface area contributed by atoms with Gasteiger partial charge < -0.3 is 19.2 Å². The molecule has 1 unspecified atom stereocenters. The first-order chi connectivity index (χ1) is 19.4. The first-order valence-corrected chi connectivity index (χ1v) is 15.7. The summed E-state index contributed by atoms with van der Waals surface area (Å²) in [5, 5.41) is 2.23. The maximum absolute atomic E-state index is 13.9. The number of aromatic nitrogens is 3. The van der Waals surface area contributed by atoms with Gasteiger partial charge in [0.25, 0.3) is 5.91 Å². The van der Waals surface area contributed by atoms with Crippen molar-refractivity contribution in [3.8, 4) is 11.1 Å². The fourth-order valence-corrected chi connectivity index (χ4v) is 6.96. The van der Waals surface area contributed by atoms with Crippen LogP contribution in [0.1, 0.15) is 41.4 Å². The molecule has 2 aromatic carbocycles. The smallest absolute Gasteiger partial charge is 0.256 e.